The van der Waals surface area contributed by atoms with Gasteiger partial charge in [-0.15, -0.1) is 0 Å². The van der Waals surface area contributed by atoms with E-state index >= 15 is 0 Å². The van der Waals surface area contributed by atoms with Gasteiger partial charge in [-0.05, 0) is 31.4 Å². The Labute approximate surface area is 138 Å². The Hall–Kier alpha value is -1.37. The van der Waals surface area contributed by atoms with Crippen LogP contribution in [-0.2, 0) is 9.53 Å². The molecule has 6 nitrogen and oxygen atoms in total. The number of carbonyl (C=O) groups excluding carboxylic acids is 1. The highest BCUT2D eigenvalue weighted by Gasteiger charge is 2.26. The van der Waals surface area contributed by atoms with Crippen molar-refractivity contribution in [3.05, 3.63) is 23.7 Å². The first-order valence-corrected chi connectivity index (χ1v) is 8.38. The quantitative estimate of drug-likeness (QED) is 0.794. The largest absolute Gasteiger partial charge is 0.465 e. The summed E-state index contributed by atoms with van der Waals surface area (Å²) in [7, 11) is 0. The Morgan fingerprint density at radius 1 is 1.35 bits per heavy atom. The Morgan fingerprint density at radius 3 is 2.61 bits per heavy atom. The molecule has 1 fully saturated rings. The van der Waals surface area contributed by atoms with Gasteiger partial charge in [-0.2, -0.15) is 0 Å². The summed E-state index contributed by atoms with van der Waals surface area (Å²) < 4.78 is 11.2. The summed E-state index contributed by atoms with van der Waals surface area (Å²) in [5, 5.41) is 2.99. The van der Waals surface area contributed by atoms with Crippen LogP contribution in [-0.4, -0.2) is 49.7 Å². The molecule has 1 saturated heterocycles. The number of carbonyl (C=O) groups is 1. The number of nitrogens with two attached hydrogens (primary N) is 1. The van der Waals surface area contributed by atoms with Gasteiger partial charge < -0.3 is 20.2 Å². The lowest BCUT2D eigenvalue weighted by Crippen LogP contribution is -2.47. The number of furan rings is 1. The molecule has 0 spiro atoms. The van der Waals surface area contributed by atoms with Crippen molar-refractivity contribution >= 4 is 5.91 Å². The van der Waals surface area contributed by atoms with Crippen LogP contribution in [0.3, 0.4) is 0 Å². The van der Waals surface area contributed by atoms with E-state index in [4.69, 9.17) is 14.9 Å². The van der Waals surface area contributed by atoms with Gasteiger partial charge in [0.2, 0.25) is 5.91 Å². The predicted octanol–water partition coefficient (Wildman–Crippen LogP) is 1.45. The average molecular weight is 323 g/mol. The van der Waals surface area contributed by atoms with Crippen molar-refractivity contribution in [3.8, 4) is 0 Å². The Balaban J connectivity index is 1.98. The normalized spacial score (nSPS) is 18.8. The third-order valence-electron chi connectivity index (χ3n) is 4.11. The van der Waals surface area contributed by atoms with E-state index in [-0.39, 0.29) is 11.9 Å². The molecule has 23 heavy (non-hydrogen) atoms. The molecule has 2 heterocycles. The van der Waals surface area contributed by atoms with Gasteiger partial charge in [-0.25, -0.2) is 0 Å². The lowest BCUT2D eigenvalue weighted by Gasteiger charge is -2.33. The number of hydrogen-bond donors (Lipinski definition) is 2. The molecule has 0 radical (unpaired) electrons. The van der Waals surface area contributed by atoms with E-state index in [2.05, 4.69) is 24.1 Å². The fourth-order valence-electron chi connectivity index (χ4n) is 2.87. The van der Waals surface area contributed by atoms with E-state index in [9.17, 15) is 4.79 Å². The molecular formula is C17H29N3O3. The highest BCUT2D eigenvalue weighted by molar-refractivity contribution is 5.81. The molecule has 1 aliphatic heterocycles. The molecule has 6 heteroatoms. The minimum atomic E-state index is -0.460. The van der Waals surface area contributed by atoms with Gasteiger partial charge in [-0.3, -0.25) is 9.69 Å². The number of ether oxygens (including phenoxy) is 1. The van der Waals surface area contributed by atoms with E-state index in [1.165, 1.54) is 0 Å². The highest BCUT2D eigenvalue weighted by atomic mass is 16.5. The molecule has 1 aromatic heterocycles. The molecule has 1 amide bonds. The van der Waals surface area contributed by atoms with Crippen molar-refractivity contribution < 1.29 is 13.9 Å². The lowest BCUT2D eigenvalue weighted by molar-refractivity contribution is -0.123. The second-order valence-corrected chi connectivity index (χ2v) is 6.59. The number of rotatable bonds is 7. The second-order valence-electron chi connectivity index (χ2n) is 6.59. The minimum absolute atomic E-state index is 0.0165. The van der Waals surface area contributed by atoms with Crippen molar-refractivity contribution in [3.63, 3.8) is 0 Å². The molecule has 0 bridgehead atoms. The van der Waals surface area contributed by atoms with Crippen molar-refractivity contribution in [2.75, 3.05) is 32.8 Å². The first kappa shape index (κ1) is 18.0. The molecule has 2 atom stereocenters. The second kappa shape index (κ2) is 8.47. The SMILES string of the molecule is Cc1ccc(C(CNC(=O)[C@@H](N)CC(C)C)N2CCOCC2)o1. The topological polar surface area (TPSA) is 80.7 Å². The van der Waals surface area contributed by atoms with Crippen molar-refractivity contribution in [1.82, 2.24) is 10.2 Å². The van der Waals surface area contributed by atoms with E-state index in [1.807, 2.05) is 19.1 Å². The van der Waals surface area contributed by atoms with Gasteiger partial charge in [0.15, 0.2) is 0 Å². The smallest absolute Gasteiger partial charge is 0.236 e. The van der Waals surface area contributed by atoms with Gasteiger partial charge in [0.05, 0.1) is 25.3 Å². The summed E-state index contributed by atoms with van der Waals surface area (Å²) >= 11 is 0. The molecular weight excluding hydrogens is 294 g/mol. The zero-order chi connectivity index (χ0) is 16.8. The van der Waals surface area contributed by atoms with Crippen molar-refractivity contribution in [1.29, 1.82) is 0 Å². The molecule has 1 aromatic rings. The van der Waals surface area contributed by atoms with Crippen LogP contribution < -0.4 is 11.1 Å². The highest BCUT2D eigenvalue weighted by Crippen LogP contribution is 2.23. The number of nitrogens with one attached hydrogen (secondary N) is 1. The summed E-state index contributed by atoms with van der Waals surface area (Å²) in [6, 6.07) is 3.49. The molecule has 0 saturated carbocycles. The number of hydrogen-bond acceptors (Lipinski definition) is 5. The lowest BCUT2D eigenvalue weighted by atomic mass is 10.0. The third kappa shape index (κ3) is 5.34. The summed E-state index contributed by atoms with van der Waals surface area (Å²) in [6.07, 6.45) is 0.688. The van der Waals surface area contributed by atoms with Gasteiger partial charge >= 0.3 is 0 Å². The maximum atomic E-state index is 12.2. The Kier molecular flexibility index (Phi) is 6.62. The number of nitrogens with zero attached hydrogens (tertiary/aromatic N) is 1. The van der Waals surface area contributed by atoms with Crippen LogP contribution in [0.5, 0.6) is 0 Å². The molecule has 0 aromatic carbocycles. The summed E-state index contributed by atoms with van der Waals surface area (Å²) in [6.45, 7) is 9.63. The van der Waals surface area contributed by atoms with Crippen LogP contribution in [0, 0.1) is 12.8 Å². The Morgan fingerprint density at radius 2 is 2.04 bits per heavy atom. The van der Waals surface area contributed by atoms with E-state index in [0.717, 1.165) is 24.6 Å². The fraction of sp³-hybridized carbons (Fsp3) is 0.706. The van der Waals surface area contributed by atoms with E-state index < -0.39 is 6.04 Å². The van der Waals surface area contributed by atoms with Gasteiger partial charge in [0, 0.05) is 19.6 Å². The molecule has 3 N–H and O–H groups in total. The fourth-order valence-corrected chi connectivity index (χ4v) is 2.87. The van der Waals surface area contributed by atoms with Crippen LogP contribution in [0.25, 0.3) is 0 Å². The molecule has 1 unspecified atom stereocenters. The van der Waals surface area contributed by atoms with Crippen LogP contribution in [0.2, 0.25) is 0 Å². The van der Waals surface area contributed by atoms with Crippen LogP contribution in [0.1, 0.15) is 37.8 Å². The van der Waals surface area contributed by atoms with Crippen molar-refractivity contribution in [2.45, 2.75) is 39.3 Å². The minimum Gasteiger partial charge on any atom is -0.465 e. The number of aryl methyl sites for hydroxylation is 1. The van der Waals surface area contributed by atoms with Crippen LogP contribution in [0.4, 0.5) is 0 Å². The van der Waals surface area contributed by atoms with Crippen LogP contribution >= 0.6 is 0 Å². The molecule has 0 aliphatic carbocycles. The predicted molar refractivity (Wildman–Crippen MR) is 89.0 cm³/mol. The third-order valence-corrected chi connectivity index (χ3v) is 4.11. The maximum Gasteiger partial charge on any atom is 0.236 e. The van der Waals surface area contributed by atoms with Gasteiger partial charge in [0.25, 0.3) is 0 Å². The van der Waals surface area contributed by atoms with Gasteiger partial charge in [0.1, 0.15) is 11.5 Å². The Bertz CT molecular complexity index is 495. The maximum absolute atomic E-state index is 12.2. The molecule has 130 valence electrons. The van der Waals surface area contributed by atoms with Crippen LogP contribution in [0.15, 0.2) is 16.5 Å². The first-order valence-electron chi connectivity index (χ1n) is 8.38. The average Bonchev–Trinajstić information content (AvgIpc) is 2.94. The standard InChI is InChI=1S/C17H29N3O3/c1-12(2)10-14(18)17(21)19-11-15(16-5-4-13(3)23-16)20-6-8-22-9-7-20/h4-5,12,14-15H,6-11,18H2,1-3H3,(H,19,21)/t14-,15?/m0/s1. The van der Waals surface area contributed by atoms with E-state index in [1.54, 1.807) is 0 Å². The molecule has 1 aliphatic rings. The summed E-state index contributed by atoms with van der Waals surface area (Å²) in [4.78, 5) is 14.5. The van der Waals surface area contributed by atoms with Gasteiger partial charge in [-0.1, -0.05) is 13.8 Å². The summed E-state index contributed by atoms with van der Waals surface area (Å²) in [5.41, 5.74) is 5.96. The van der Waals surface area contributed by atoms with Crippen molar-refractivity contribution in [2.24, 2.45) is 11.7 Å². The zero-order valence-electron chi connectivity index (χ0n) is 14.4. The number of morpholine rings is 1. The number of amides is 1. The summed E-state index contributed by atoms with van der Waals surface area (Å²) in [5.74, 6) is 2.06. The zero-order valence-corrected chi connectivity index (χ0v) is 14.4. The first-order chi connectivity index (χ1) is 11.0. The van der Waals surface area contributed by atoms with E-state index in [0.29, 0.717) is 32.1 Å². The monoisotopic (exact) mass is 323 g/mol. The molecule has 2 rings (SSSR count).